The first-order valence-electron chi connectivity index (χ1n) is 5.44. The van der Waals surface area contributed by atoms with E-state index in [1.807, 2.05) is 0 Å². The van der Waals surface area contributed by atoms with Gasteiger partial charge in [-0.05, 0) is 18.6 Å². The summed E-state index contributed by atoms with van der Waals surface area (Å²) < 4.78 is 26.5. The minimum absolute atomic E-state index is 0.148. The zero-order valence-electron chi connectivity index (χ0n) is 10.4. The van der Waals surface area contributed by atoms with Gasteiger partial charge in [-0.3, -0.25) is 0 Å². The van der Waals surface area contributed by atoms with E-state index in [4.69, 9.17) is 34.7 Å². The van der Waals surface area contributed by atoms with Gasteiger partial charge in [0.05, 0.1) is 21.7 Å². The minimum Gasteiger partial charge on any atom is -0.478 e. The van der Waals surface area contributed by atoms with Crippen molar-refractivity contribution in [3.8, 4) is 12.3 Å². The van der Waals surface area contributed by atoms with Gasteiger partial charge in [0.15, 0.2) is 0 Å². The molecule has 0 fully saturated rings. The van der Waals surface area contributed by atoms with Crippen LogP contribution in [0.2, 0.25) is 10.0 Å². The third-order valence-electron chi connectivity index (χ3n) is 2.47. The summed E-state index contributed by atoms with van der Waals surface area (Å²) in [5.41, 5.74) is -0.468. The van der Waals surface area contributed by atoms with Gasteiger partial charge in [0.2, 0.25) is 10.0 Å². The van der Waals surface area contributed by atoms with Crippen LogP contribution in [0.15, 0.2) is 17.0 Å². The van der Waals surface area contributed by atoms with Crippen molar-refractivity contribution in [2.75, 3.05) is 0 Å². The van der Waals surface area contributed by atoms with Gasteiger partial charge < -0.3 is 5.11 Å². The Hall–Kier alpha value is -1.26. The summed E-state index contributed by atoms with van der Waals surface area (Å²) in [5, 5.41) is 8.39. The molecule has 0 aliphatic heterocycles. The van der Waals surface area contributed by atoms with Crippen LogP contribution in [0.4, 0.5) is 0 Å². The van der Waals surface area contributed by atoms with E-state index in [1.54, 1.807) is 6.92 Å². The summed E-state index contributed by atoms with van der Waals surface area (Å²) in [7, 11) is -4.03. The number of benzene rings is 1. The maximum atomic E-state index is 12.1. The van der Waals surface area contributed by atoms with E-state index < -0.39 is 32.6 Å². The molecule has 0 amide bonds. The second-order valence-electron chi connectivity index (χ2n) is 3.79. The predicted molar refractivity (Wildman–Crippen MR) is 76.7 cm³/mol. The van der Waals surface area contributed by atoms with Crippen molar-refractivity contribution in [1.29, 1.82) is 0 Å². The van der Waals surface area contributed by atoms with E-state index in [9.17, 15) is 13.2 Å². The Morgan fingerprint density at radius 3 is 2.55 bits per heavy atom. The Labute approximate surface area is 126 Å². The lowest BCUT2D eigenvalue weighted by atomic mass is 10.2. The highest BCUT2D eigenvalue weighted by atomic mass is 35.5. The quantitative estimate of drug-likeness (QED) is 0.809. The van der Waals surface area contributed by atoms with Gasteiger partial charge in [0.25, 0.3) is 0 Å². The van der Waals surface area contributed by atoms with Crippen molar-refractivity contribution in [3.63, 3.8) is 0 Å². The summed E-state index contributed by atoms with van der Waals surface area (Å²) in [5.74, 6) is 0.854. The second kappa shape index (κ2) is 6.46. The molecular formula is C12H11Cl2NO4S. The molecule has 1 atom stereocenters. The standard InChI is InChI=1S/C12H11Cl2NO4S/c1-3-7(4-2)15-20(18,19)9-6-5-8(13)10(11(9)14)12(16)17/h1,5-7,15H,4H2,2H3,(H,16,17). The lowest BCUT2D eigenvalue weighted by Gasteiger charge is -2.14. The molecule has 1 unspecified atom stereocenters. The fraction of sp³-hybridized carbons (Fsp3) is 0.250. The summed E-state index contributed by atoms with van der Waals surface area (Å²) in [6.45, 7) is 1.71. The Morgan fingerprint density at radius 2 is 2.10 bits per heavy atom. The normalized spacial score (nSPS) is 12.7. The fourth-order valence-corrected chi connectivity index (χ4v) is 3.58. The van der Waals surface area contributed by atoms with Gasteiger partial charge in [-0.1, -0.05) is 36.0 Å². The van der Waals surface area contributed by atoms with Crippen LogP contribution in [0.3, 0.4) is 0 Å². The summed E-state index contributed by atoms with van der Waals surface area (Å²) >= 11 is 11.5. The number of sulfonamides is 1. The molecule has 0 aliphatic rings. The molecule has 8 heteroatoms. The summed E-state index contributed by atoms with van der Waals surface area (Å²) in [6.07, 6.45) is 5.57. The number of carbonyl (C=O) groups is 1. The van der Waals surface area contributed by atoms with Gasteiger partial charge in [0, 0.05) is 0 Å². The maximum Gasteiger partial charge on any atom is 0.338 e. The monoisotopic (exact) mass is 335 g/mol. The smallest absolute Gasteiger partial charge is 0.338 e. The first-order chi connectivity index (χ1) is 9.24. The van der Waals surface area contributed by atoms with Crippen molar-refractivity contribution in [1.82, 2.24) is 4.72 Å². The Morgan fingerprint density at radius 1 is 1.50 bits per heavy atom. The minimum atomic E-state index is -4.03. The first-order valence-corrected chi connectivity index (χ1v) is 7.68. The molecule has 0 bridgehead atoms. The average Bonchev–Trinajstić information content (AvgIpc) is 2.35. The van der Waals surface area contributed by atoms with Gasteiger partial charge in [-0.25, -0.2) is 13.2 Å². The van der Waals surface area contributed by atoms with Crippen LogP contribution in [-0.2, 0) is 10.0 Å². The molecule has 108 valence electrons. The highest BCUT2D eigenvalue weighted by molar-refractivity contribution is 7.89. The molecule has 2 N–H and O–H groups in total. The Bertz CT molecular complexity index is 679. The Kier molecular flexibility index (Phi) is 5.42. The zero-order chi connectivity index (χ0) is 15.5. The van der Waals surface area contributed by atoms with Crippen molar-refractivity contribution in [2.24, 2.45) is 0 Å². The van der Waals surface area contributed by atoms with Crippen molar-refractivity contribution in [3.05, 3.63) is 27.7 Å². The van der Waals surface area contributed by atoms with Crippen LogP contribution in [0.1, 0.15) is 23.7 Å². The fourth-order valence-electron chi connectivity index (χ4n) is 1.42. The first kappa shape index (κ1) is 16.8. The van der Waals surface area contributed by atoms with Crippen LogP contribution in [0, 0.1) is 12.3 Å². The van der Waals surface area contributed by atoms with Gasteiger partial charge >= 0.3 is 5.97 Å². The van der Waals surface area contributed by atoms with Gasteiger partial charge in [0.1, 0.15) is 4.90 Å². The van der Waals surface area contributed by atoms with Crippen LogP contribution < -0.4 is 4.72 Å². The third-order valence-corrected chi connectivity index (χ3v) is 4.80. The number of hydrogen-bond acceptors (Lipinski definition) is 3. The molecular weight excluding hydrogens is 325 g/mol. The zero-order valence-corrected chi connectivity index (χ0v) is 12.7. The Balaban J connectivity index is 3.38. The number of hydrogen-bond donors (Lipinski definition) is 2. The molecule has 5 nitrogen and oxygen atoms in total. The molecule has 0 aromatic heterocycles. The van der Waals surface area contributed by atoms with Crippen LogP contribution in [-0.4, -0.2) is 25.5 Å². The van der Waals surface area contributed by atoms with E-state index in [0.717, 1.165) is 12.1 Å². The highest BCUT2D eigenvalue weighted by Gasteiger charge is 2.26. The topological polar surface area (TPSA) is 83.5 Å². The lowest BCUT2D eigenvalue weighted by molar-refractivity contribution is 0.0697. The molecule has 1 aromatic carbocycles. The molecule has 1 rings (SSSR count). The summed E-state index contributed by atoms with van der Waals surface area (Å²) in [6, 6.07) is 1.57. The van der Waals surface area contributed by atoms with E-state index in [-0.39, 0.29) is 9.92 Å². The number of nitrogens with one attached hydrogen (secondary N) is 1. The van der Waals surface area contributed by atoms with E-state index in [0.29, 0.717) is 6.42 Å². The molecule has 1 aromatic rings. The number of halogens is 2. The number of terminal acetylenes is 1. The van der Waals surface area contributed by atoms with Crippen LogP contribution in [0.5, 0.6) is 0 Å². The maximum absolute atomic E-state index is 12.1. The predicted octanol–water partition coefficient (Wildman–Crippen LogP) is 2.38. The van der Waals surface area contributed by atoms with Crippen LogP contribution >= 0.6 is 23.2 Å². The number of rotatable bonds is 5. The lowest BCUT2D eigenvalue weighted by Crippen LogP contribution is -2.33. The van der Waals surface area contributed by atoms with Crippen molar-refractivity contribution < 1.29 is 18.3 Å². The van der Waals surface area contributed by atoms with Crippen molar-refractivity contribution in [2.45, 2.75) is 24.3 Å². The molecule has 0 saturated carbocycles. The average molecular weight is 336 g/mol. The largest absolute Gasteiger partial charge is 0.478 e. The summed E-state index contributed by atoms with van der Waals surface area (Å²) in [4.78, 5) is 10.7. The van der Waals surface area contributed by atoms with Gasteiger partial charge in [-0.2, -0.15) is 4.72 Å². The number of carboxylic acids is 1. The van der Waals surface area contributed by atoms with E-state index in [1.165, 1.54) is 0 Å². The highest BCUT2D eigenvalue weighted by Crippen LogP contribution is 2.31. The van der Waals surface area contributed by atoms with E-state index in [2.05, 4.69) is 10.6 Å². The molecule has 20 heavy (non-hydrogen) atoms. The number of aromatic carboxylic acids is 1. The molecule has 0 spiro atoms. The van der Waals surface area contributed by atoms with Gasteiger partial charge in [-0.15, -0.1) is 6.42 Å². The van der Waals surface area contributed by atoms with Crippen LogP contribution in [0.25, 0.3) is 0 Å². The van der Waals surface area contributed by atoms with Crippen molar-refractivity contribution >= 4 is 39.2 Å². The third kappa shape index (κ3) is 3.44. The molecule has 0 heterocycles. The molecule has 0 aliphatic carbocycles. The SMILES string of the molecule is C#CC(CC)NS(=O)(=O)c1ccc(Cl)c(C(=O)O)c1Cl. The van der Waals surface area contributed by atoms with E-state index >= 15 is 0 Å². The molecule has 0 saturated heterocycles. The molecule has 0 radical (unpaired) electrons. The second-order valence-corrected chi connectivity index (χ2v) is 6.26. The number of carboxylic acid groups (broad SMARTS) is 1.